The molecule has 0 heteroatoms. The van der Waals surface area contributed by atoms with E-state index in [4.69, 9.17) is 0 Å². The second kappa shape index (κ2) is 2.80. The van der Waals surface area contributed by atoms with E-state index in [1.54, 1.807) is 0 Å². The molecule has 0 saturated heterocycles. The Morgan fingerprint density at radius 3 is 2.00 bits per heavy atom. The average molecular weight is 154 g/mol. The largest absolute Gasteiger partial charge is 0.0628 e. The normalized spacial score (nSPS) is 34.4. The van der Waals surface area contributed by atoms with Crippen molar-refractivity contribution in [3.05, 3.63) is 0 Å². The number of hydrogen-bond donors (Lipinski definition) is 0. The third-order valence-electron chi connectivity index (χ3n) is 3.68. The molecule has 66 valence electrons. The van der Waals surface area contributed by atoms with Crippen molar-refractivity contribution < 1.29 is 0 Å². The molecule has 1 saturated carbocycles. The smallest absolute Gasteiger partial charge is 0.0295 e. The molecule has 1 aliphatic carbocycles. The fourth-order valence-electron chi connectivity index (χ4n) is 2.15. The molecule has 0 aromatic heterocycles. The molecule has 0 N–H and O–H groups in total. The fourth-order valence-corrected chi connectivity index (χ4v) is 2.15. The minimum absolute atomic E-state index is 0.662. The average Bonchev–Trinajstić information content (AvgIpc) is 2.30. The summed E-state index contributed by atoms with van der Waals surface area (Å²) in [6.45, 7) is 11.8. The van der Waals surface area contributed by atoms with Gasteiger partial charge in [-0.25, -0.2) is 0 Å². The van der Waals surface area contributed by atoms with Gasteiger partial charge in [0.25, 0.3) is 0 Å². The standard InChI is InChI=1S/C11H22/c1-8(2)6-7-10-9(3)11(10,4)5/h8-10H,6-7H2,1-5H3. The minimum Gasteiger partial charge on any atom is -0.0628 e. The first kappa shape index (κ1) is 9.09. The Balaban J connectivity index is 2.22. The van der Waals surface area contributed by atoms with Crippen molar-refractivity contribution in [2.75, 3.05) is 0 Å². The summed E-state index contributed by atoms with van der Waals surface area (Å²) in [6, 6.07) is 0. The lowest BCUT2D eigenvalue weighted by atomic mass is 10.0. The van der Waals surface area contributed by atoms with E-state index in [1.807, 2.05) is 0 Å². The molecule has 0 radical (unpaired) electrons. The van der Waals surface area contributed by atoms with E-state index >= 15 is 0 Å². The molecular formula is C11H22. The van der Waals surface area contributed by atoms with Crippen molar-refractivity contribution in [1.82, 2.24) is 0 Å². The zero-order valence-electron chi connectivity index (χ0n) is 8.65. The summed E-state index contributed by atoms with van der Waals surface area (Å²) in [5, 5.41) is 0. The van der Waals surface area contributed by atoms with Crippen LogP contribution in [-0.2, 0) is 0 Å². The zero-order chi connectivity index (χ0) is 8.65. The first-order chi connectivity index (χ1) is 4.96. The lowest BCUT2D eigenvalue weighted by Crippen LogP contribution is -1.93. The van der Waals surface area contributed by atoms with Crippen molar-refractivity contribution in [3.63, 3.8) is 0 Å². The highest BCUT2D eigenvalue weighted by Gasteiger charge is 2.53. The van der Waals surface area contributed by atoms with Crippen LogP contribution in [0.3, 0.4) is 0 Å². The molecule has 0 aromatic rings. The van der Waals surface area contributed by atoms with Crippen LogP contribution in [0, 0.1) is 23.2 Å². The Morgan fingerprint density at radius 1 is 1.27 bits per heavy atom. The van der Waals surface area contributed by atoms with Gasteiger partial charge in [-0.2, -0.15) is 0 Å². The zero-order valence-corrected chi connectivity index (χ0v) is 8.65. The predicted octanol–water partition coefficient (Wildman–Crippen LogP) is 3.71. The molecule has 0 spiro atoms. The van der Waals surface area contributed by atoms with Crippen LogP contribution in [0.5, 0.6) is 0 Å². The van der Waals surface area contributed by atoms with Crippen molar-refractivity contribution in [3.8, 4) is 0 Å². The second-order valence-electron chi connectivity index (χ2n) is 5.19. The van der Waals surface area contributed by atoms with Gasteiger partial charge in [0.1, 0.15) is 0 Å². The van der Waals surface area contributed by atoms with Crippen LogP contribution in [0.2, 0.25) is 0 Å². The van der Waals surface area contributed by atoms with Gasteiger partial charge in [0.05, 0.1) is 0 Å². The summed E-state index contributed by atoms with van der Waals surface area (Å²) in [4.78, 5) is 0. The lowest BCUT2D eigenvalue weighted by molar-refractivity contribution is 0.468. The molecule has 0 aliphatic heterocycles. The minimum atomic E-state index is 0.662. The molecule has 0 aromatic carbocycles. The van der Waals surface area contributed by atoms with Crippen LogP contribution < -0.4 is 0 Å². The fraction of sp³-hybridized carbons (Fsp3) is 1.00. The van der Waals surface area contributed by atoms with Crippen LogP contribution in [0.4, 0.5) is 0 Å². The maximum absolute atomic E-state index is 2.41. The Labute approximate surface area is 71.4 Å². The van der Waals surface area contributed by atoms with Crippen LogP contribution in [0.15, 0.2) is 0 Å². The third kappa shape index (κ3) is 1.77. The molecule has 0 nitrogen and oxygen atoms in total. The van der Waals surface area contributed by atoms with Crippen molar-refractivity contribution >= 4 is 0 Å². The molecule has 1 fully saturated rings. The summed E-state index contributed by atoms with van der Waals surface area (Å²) in [5.41, 5.74) is 0.662. The van der Waals surface area contributed by atoms with E-state index in [2.05, 4.69) is 34.6 Å². The first-order valence-corrected chi connectivity index (χ1v) is 4.96. The Kier molecular flexibility index (Phi) is 2.32. The second-order valence-corrected chi connectivity index (χ2v) is 5.19. The summed E-state index contributed by atoms with van der Waals surface area (Å²) in [5.74, 6) is 2.88. The van der Waals surface area contributed by atoms with Crippen LogP contribution in [0.25, 0.3) is 0 Å². The van der Waals surface area contributed by atoms with Gasteiger partial charge in [-0.05, 0) is 29.6 Å². The summed E-state index contributed by atoms with van der Waals surface area (Å²) in [6.07, 6.45) is 2.87. The third-order valence-corrected chi connectivity index (χ3v) is 3.68. The van der Waals surface area contributed by atoms with E-state index in [0.717, 1.165) is 17.8 Å². The van der Waals surface area contributed by atoms with E-state index < -0.39 is 0 Å². The maximum atomic E-state index is 2.41. The van der Waals surface area contributed by atoms with Gasteiger partial charge in [-0.15, -0.1) is 0 Å². The number of rotatable bonds is 3. The lowest BCUT2D eigenvalue weighted by Gasteiger charge is -2.04. The van der Waals surface area contributed by atoms with Crippen molar-refractivity contribution in [2.45, 2.75) is 47.5 Å². The molecule has 11 heavy (non-hydrogen) atoms. The van der Waals surface area contributed by atoms with E-state index in [-0.39, 0.29) is 0 Å². The molecule has 0 amide bonds. The van der Waals surface area contributed by atoms with E-state index in [9.17, 15) is 0 Å². The van der Waals surface area contributed by atoms with E-state index in [1.165, 1.54) is 12.8 Å². The molecule has 1 aliphatic rings. The molecule has 0 bridgehead atoms. The monoisotopic (exact) mass is 154 g/mol. The van der Waals surface area contributed by atoms with Gasteiger partial charge in [0.15, 0.2) is 0 Å². The Hall–Kier alpha value is 0. The summed E-state index contributed by atoms with van der Waals surface area (Å²) in [7, 11) is 0. The molecule has 2 atom stereocenters. The molecule has 2 unspecified atom stereocenters. The first-order valence-electron chi connectivity index (χ1n) is 4.96. The topological polar surface area (TPSA) is 0 Å². The van der Waals surface area contributed by atoms with Gasteiger partial charge < -0.3 is 0 Å². The van der Waals surface area contributed by atoms with Gasteiger partial charge in [-0.1, -0.05) is 41.0 Å². The molecule has 1 rings (SSSR count). The van der Waals surface area contributed by atoms with Crippen molar-refractivity contribution in [1.29, 1.82) is 0 Å². The molecular weight excluding hydrogens is 132 g/mol. The van der Waals surface area contributed by atoms with E-state index in [0.29, 0.717) is 5.41 Å². The van der Waals surface area contributed by atoms with Gasteiger partial charge in [0.2, 0.25) is 0 Å². The highest BCUT2D eigenvalue weighted by atomic mass is 14.6. The predicted molar refractivity (Wildman–Crippen MR) is 50.5 cm³/mol. The van der Waals surface area contributed by atoms with Gasteiger partial charge in [-0.3, -0.25) is 0 Å². The van der Waals surface area contributed by atoms with Crippen LogP contribution in [-0.4, -0.2) is 0 Å². The highest BCUT2D eigenvalue weighted by Crippen LogP contribution is 2.60. The Morgan fingerprint density at radius 2 is 1.73 bits per heavy atom. The number of hydrogen-bond acceptors (Lipinski definition) is 0. The SMILES string of the molecule is CC(C)CCC1C(C)C1(C)C. The van der Waals surface area contributed by atoms with Crippen LogP contribution in [0.1, 0.15) is 47.5 Å². The van der Waals surface area contributed by atoms with Crippen LogP contribution >= 0.6 is 0 Å². The summed E-state index contributed by atoms with van der Waals surface area (Å²) < 4.78 is 0. The Bertz CT molecular complexity index is 133. The quantitative estimate of drug-likeness (QED) is 0.581. The highest BCUT2D eigenvalue weighted by molar-refractivity contribution is 5.01. The van der Waals surface area contributed by atoms with Gasteiger partial charge >= 0.3 is 0 Å². The van der Waals surface area contributed by atoms with Crippen molar-refractivity contribution in [2.24, 2.45) is 23.2 Å². The summed E-state index contributed by atoms with van der Waals surface area (Å²) >= 11 is 0. The maximum Gasteiger partial charge on any atom is -0.0295 e. The molecule has 0 heterocycles. The van der Waals surface area contributed by atoms with Gasteiger partial charge in [0, 0.05) is 0 Å².